The number of hydrogen-bond donors (Lipinski definition) is 2. The van der Waals surface area contributed by atoms with Gasteiger partial charge in [-0.1, -0.05) is 6.07 Å². The molecule has 1 saturated heterocycles. The predicted molar refractivity (Wildman–Crippen MR) is 70.5 cm³/mol. The predicted octanol–water partition coefficient (Wildman–Crippen LogP) is 2.25. The van der Waals surface area contributed by atoms with Gasteiger partial charge in [0.25, 0.3) is 0 Å². The van der Waals surface area contributed by atoms with Crippen molar-refractivity contribution in [2.24, 2.45) is 0 Å². The molecule has 0 aromatic heterocycles. The number of nitrogens with one attached hydrogen (secondary N) is 1. The summed E-state index contributed by atoms with van der Waals surface area (Å²) in [7, 11) is 1.61. The minimum atomic E-state index is -0.799. The van der Waals surface area contributed by atoms with Crippen LogP contribution in [0.4, 0.5) is 0 Å². The summed E-state index contributed by atoms with van der Waals surface area (Å²) >= 11 is 5.02. The molecule has 0 unspecified atom stereocenters. The fourth-order valence-electron chi connectivity index (χ4n) is 1.65. The topological polar surface area (TPSA) is 58.6 Å². The molecular formula is C11H12BrNO3S. The van der Waals surface area contributed by atoms with Gasteiger partial charge in [-0.2, -0.15) is 0 Å². The Hall–Kier alpha value is -0.720. The molecule has 1 aromatic rings. The van der Waals surface area contributed by atoms with Crippen molar-refractivity contribution in [2.45, 2.75) is 11.4 Å². The van der Waals surface area contributed by atoms with E-state index in [0.29, 0.717) is 5.75 Å². The first-order valence-electron chi connectivity index (χ1n) is 5.05. The van der Waals surface area contributed by atoms with E-state index in [2.05, 4.69) is 21.2 Å². The first kappa shape index (κ1) is 12.7. The van der Waals surface area contributed by atoms with Gasteiger partial charge in [0.15, 0.2) is 0 Å². The summed E-state index contributed by atoms with van der Waals surface area (Å²) in [4.78, 5) is 10.8. The fourth-order valence-corrected chi connectivity index (χ4v) is 3.43. The van der Waals surface area contributed by atoms with Crippen LogP contribution in [0, 0.1) is 0 Å². The van der Waals surface area contributed by atoms with Crippen LogP contribution in [0.15, 0.2) is 22.7 Å². The highest BCUT2D eigenvalue weighted by molar-refractivity contribution is 9.10. The number of aliphatic carboxylic acids is 1. The third-order valence-electron chi connectivity index (χ3n) is 2.56. The summed E-state index contributed by atoms with van der Waals surface area (Å²) in [5, 5.41) is 12.0. The van der Waals surface area contributed by atoms with Crippen molar-refractivity contribution in [1.29, 1.82) is 0 Å². The molecule has 92 valence electrons. The van der Waals surface area contributed by atoms with Crippen molar-refractivity contribution in [1.82, 2.24) is 5.32 Å². The number of halogens is 1. The van der Waals surface area contributed by atoms with Crippen LogP contribution >= 0.6 is 27.7 Å². The SMILES string of the molecule is COc1ccc([C@@H]2N[C@H](C(=O)O)CS2)cc1Br. The number of methoxy groups -OCH3 is 1. The Bertz CT molecular complexity index is 441. The molecule has 2 rings (SSSR count). The molecule has 1 aliphatic heterocycles. The molecule has 1 aliphatic rings. The quantitative estimate of drug-likeness (QED) is 0.895. The Morgan fingerprint density at radius 2 is 2.41 bits per heavy atom. The van der Waals surface area contributed by atoms with Gasteiger partial charge in [-0.3, -0.25) is 10.1 Å². The van der Waals surface area contributed by atoms with E-state index in [-0.39, 0.29) is 5.37 Å². The normalized spacial score (nSPS) is 23.6. The van der Waals surface area contributed by atoms with Gasteiger partial charge in [0.2, 0.25) is 0 Å². The van der Waals surface area contributed by atoms with Crippen molar-refractivity contribution >= 4 is 33.7 Å². The lowest BCUT2D eigenvalue weighted by Crippen LogP contribution is -2.33. The Kier molecular flexibility index (Phi) is 3.96. The van der Waals surface area contributed by atoms with E-state index >= 15 is 0 Å². The van der Waals surface area contributed by atoms with Crippen LogP contribution in [-0.2, 0) is 4.79 Å². The van der Waals surface area contributed by atoms with Gasteiger partial charge in [0.05, 0.1) is 17.0 Å². The fraction of sp³-hybridized carbons (Fsp3) is 0.364. The molecule has 1 heterocycles. The molecule has 2 N–H and O–H groups in total. The summed E-state index contributed by atoms with van der Waals surface area (Å²) in [6, 6.07) is 5.30. The molecule has 0 spiro atoms. The monoisotopic (exact) mass is 317 g/mol. The number of thioether (sulfide) groups is 1. The standard InChI is InChI=1S/C11H12BrNO3S/c1-16-9-3-2-6(4-7(9)12)10-13-8(5-17-10)11(14)15/h2-4,8,10,13H,5H2,1H3,(H,14,15)/t8-,10+/m0/s1. The molecular weight excluding hydrogens is 306 g/mol. The maximum Gasteiger partial charge on any atom is 0.321 e. The van der Waals surface area contributed by atoms with Crippen LogP contribution in [0.25, 0.3) is 0 Å². The van der Waals surface area contributed by atoms with Gasteiger partial charge in [-0.25, -0.2) is 0 Å². The molecule has 0 radical (unpaired) electrons. The lowest BCUT2D eigenvalue weighted by atomic mass is 10.2. The van der Waals surface area contributed by atoms with E-state index in [1.807, 2.05) is 18.2 Å². The van der Waals surface area contributed by atoms with Gasteiger partial charge in [-0.15, -0.1) is 11.8 Å². The number of carboxylic acid groups (broad SMARTS) is 1. The largest absolute Gasteiger partial charge is 0.496 e. The van der Waals surface area contributed by atoms with Crippen LogP contribution in [-0.4, -0.2) is 30.0 Å². The van der Waals surface area contributed by atoms with Gasteiger partial charge in [-0.05, 0) is 33.6 Å². The summed E-state index contributed by atoms with van der Waals surface area (Å²) in [5.41, 5.74) is 1.05. The van der Waals surface area contributed by atoms with E-state index in [1.165, 1.54) is 0 Å². The molecule has 0 bridgehead atoms. The molecule has 0 saturated carbocycles. The lowest BCUT2D eigenvalue weighted by molar-refractivity contribution is -0.138. The first-order valence-corrected chi connectivity index (χ1v) is 6.90. The molecule has 1 fully saturated rings. The Morgan fingerprint density at radius 3 is 2.94 bits per heavy atom. The van der Waals surface area contributed by atoms with Gasteiger partial charge in [0, 0.05) is 5.75 Å². The van der Waals surface area contributed by atoms with E-state index < -0.39 is 12.0 Å². The summed E-state index contributed by atoms with van der Waals surface area (Å²) in [6.07, 6.45) is 0. The number of ether oxygens (including phenoxy) is 1. The number of rotatable bonds is 3. The Morgan fingerprint density at radius 1 is 1.65 bits per heavy atom. The van der Waals surface area contributed by atoms with Crippen LogP contribution < -0.4 is 10.1 Å². The summed E-state index contributed by atoms with van der Waals surface area (Å²) in [5.74, 6) is 0.558. The Labute approximate surface area is 112 Å². The van der Waals surface area contributed by atoms with Gasteiger partial charge in [0.1, 0.15) is 11.8 Å². The highest BCUT2D eigenvalue weighted by Gasteiger charge is 2.30. The maximum absolute atomic E-state index is 10.8. The third kappa shape index (κ3) is 2.75. The van der Waals surface area contributed by atoms with Crippen molar-refractivity contribution in [2.75, 3.05) is 12.9 Å². The number of carboxylic acids is 1. The highest BCUT2D eigenvalue weighted by Crippen LogP contribution is 2.36. The van der Waals surface area contributed by atoms with Crippen molar-refractivity contribution in [3.05, 3.63) is 28.2 Å². The Balaban J connectivity index is 2.14. The lowest BCUT2D eigenvalue weighted by Gasteiger charge is -2.13. The maximum atomic E-state index is 10.8. The minimum Gasteiger partial charge on any atom is -0.496 e. The third-order valence-corrected chi connectivity index (χ3v) is 4.45. The van der Waals surface area contributed by atoms with E-state index in [0.717, 1.165) is 15.8 Å². The van der Waals surface area contributed by atoms with E-state index in [9.17, 15) is 4.79 Å². The van der Waals surface area contributed by atoms with Crippen LogP contribution in [0.2, 0.25) is 0 Å². The second-order valence-corrected chi connectivity index (χ2v) is 5.66. The second kappa shape index (κ2) is 5.29. The molecule has 1 aromatic carbocycles. The second-order valence-electron chi connectivity index (χ2n) is 3.66. The van der Waals surface area contributed by atoms with Crippen LogP contribution in [0.1, 0.15) is 10.9 Å². The number of benzene rings is 1. The molecule has 4 nitrogen and oxygen atoms in total. The minimum absolute atomic E-state index is 0.0262. The molecule has 2 atom stereocenters. The van der Waals surface area contributed by atoms with Crippen molar-refractivity contribution in [3.8, 4) is 5.75 Å². The van der Waals surface area contributed by atoms with Crippen molar-refractivity contribution in [3.63, 3.8) is 0 Å². The molecule has 6 heteroatoms. The zero-order chi connectivity index (χ0) is 12.4. The molecule has 17 heavy (non-hydrogen) atoms. The summed E-state index contributed by atoms with van der Waals surface area (Å²) in [6.45, 7) is 0. The van der Waals surface area contributed by atoms with Crippen LogP contribution in [0.5, 0.6) is 5.75 Å². The number of hydrogen-bond acceptors (Lipinski definition) is 4. The van der Waals surface area contributed by atoms with E-state index in [4.69, 9.17) is 9.84 Å². The average molecular weight is 318 g/mol. The summed E-state index contributed by atoms with van der Waals surface area (Å²) < 4.78 is 6.03. The number of carbonyl (C=O) groups is 1. The van der Waals surface area contributed by atoms with Gasteiger partial charge >= 0.3 is 5.97 Å². The zero-order valence-corrected chi connectivity index (χ0v) is 11.5. The van der Waals surface area contributed by atoms with Crippen molar-refractivity contribution < 1.29 is 14.6 Å². The molecule has 0 aliphatic carbocycles. The highest BCUT2D eigenvalue weighted by atomic mass is 79.9. The van der Waals surface area contributed by atoms with Gasteiger partial charge < -0.3 is 9.84 Å². The van der Waals surface area contributed by atoms with Crippen LogP contribution in [0.3, 0.4) is 0 Å². The molecule has 0 amide bonds. The average Bonchev–Trinajstić information content (AvgIpc) is 2.78. The zero-order valence-electron chi connectivity index (χ0n) is 9.14. The van der Waals surface area contributed by atoms with E-state index in [1.54, 1.807) is 18.9 Å². The first-order chi connectivity index (χ1) is 8.11. The smallest absolute Gasteiger partial charge is 0.321 e.